The summed E-state index contributed by atoms with van der Waals surface area (Å²) in [6.45, 7) is 6.16. The van der Waals surface area contributed by atoms with E-state index in [0.717, 1.165) is 18.5 Å². The van der Waals surface area contributed by atoms with Gasteiger partial charge in [0.15, 0.2) is 5.60 Å². The van der Waals surface area contributed by atoms with Crippen LogP contribution in [0.4, 0.5) is 10.1 Å². The number of pyridine rings is 1. The van der Waals surface area contributed by atoms with Crippen molar-refractivity contribution in [2.75, 3.05) is 19.0 Å². The monoisotopic (exact) mass is 515 g/mol. The number of hydrogen-bond donors (Lipinski definition) is 3. The Hall–Kier alpha value is -4.16. The average Bonchev–Trinajstić information content (AvgIpc) is 3.51. The number of anilines is 1. The second kappa shape index (κ2) is 10.3. The summed E-state index contributed by atoms with van der Waals surface area (Å²) in [4.78, 5) is 34.1. The summed E-state index contributed by atoms with van der Waals surface area (Å²) in [5, 5.41) is 6.19. The number of nitrogens with one attached hydrogen (secondary N) is 3. The first kappa shape index (κ1) is 25.5. The van der Waals surface area contributed by atoms with Crippen molar-refractivity contribution >= 4 is 17.5 Å². The highest BCUT2D eigenvalue weighted by Gasteiger charge is 2.47. The van der Waals surface area contributed by atoms with E-state index in [0.29, 0.717) is 35.3 Å². The Morgan fingerprint density at radius 2 is 2.26 bits per heavy atom. The first-order valence-corrected chi connectivity index (χ1v) is 12.7. The van der Waals surface area contributed by atoms with E-state index in [1.165, 1.54) is 19.3 Å². The molecule has 38 heavy (non-hydrogen) atoms. The molecule has 0 bridgehead atoms. The number of nitrogens with zero attached hydrogens (tertiary/aromatic N) is 2. The van der Waals surface area contributed by atoms with Gasteiger partial charge in [-0.05, 0) is 38.0 Å². The van der Waals surface area contributed by atoms with Crippen LogP contribution in [0.25, 0.3) is 0 Å². The highest BCUT2D eigenvalue weighted by atomic mass is 19.1. The number of likely N-dealkylation sites (tertiary alicyclic amines) is 1. The average molecular weight is 516 g/mol. The molecule has 1 saturated heterocycles. The first-order valence-electron chi connectivity index (χ1n) is 12.7. The second-order valence-corrected chi connectivity index (χ2v) is 9.61. The van der Waals surface area contributed by atoms with E-state index in [2.05, 4.69) is 39.0 Å². The molecule has 1 aliphatic carbocycles. The maximum absolute atomic E-state index is 15.9. The van der Waals surface area contributed by atoms with Crippen LogP contribution in [0.15, 0.2) is 61.4 Å². The highest BCUT2D eigenvalue weighted by Crippen LogP contribution is 2.43. The van der Waals surface area contributed by atoms with Crippen LogP contribution >= 0.6 is 0 Å². The maximum Gasteiger partial charge on any atom is 0.255 e. The van der Waals surface area contributed by atoms with Crippen LogP contribution < -0.4 is 10.6 Å². The number of aromatic amines is 1. The zero-order chi connectivity index (χ0) is 26.9. The second-order valence-electron chi connectivity index (χ2n) is 9.61. The summed E-state index contributed by atoms with van der Waals surface area (Å²) in [7, 11) is 1.45. The van der Waals surface area contributed by atoms with E-state index < -0.39 is 17.5 Å². The van der Waals surface area contributed by atoms with Crippen molar-refractivity contribution in [3.8, 4) is 11.8 Å². The quantitative estimate of drug-likeness (QED) is 0.419. The Morgan fingerprint density at radius 1 is 1.42 bits per heavy atom. The van der Waals surface area contributed by atoms with Gasteiger partial charge in [-0.25, -0.2) is 4.39 Å². The highest BCUT2D eigenvalue weighted by molar-refractivity contribution is 6.02. The molecule has 3 aliphatic rings. The minimum absolute atomic E-state index is 0.0559. The maximum atomic E-state index is 15.9. The molecule has 4 atom stereocenters. The van der Waals surface area contributed by atoms with Crippen LogP contribution in [-0.4, -0.2) is 58.5 Å². The van der Waals surface area contributed by atoms with Gasteiger partial charge < -0.3 is 25.3 Å². The van der Waals surface area contributed by atoms with Crippen LogP contribution in [0.2, 0.25) is 0 Å². The van der Waals surface area contributed by atoms with Crippen molar-refractivity contribution in [3.63, 3.8) is 0 Å². The first-order chi connectivity index (χ1) is 18.4. The van der Waals surface area contributed by atoms with Gasteiger partial charge in [0.05, 0.1) is 23.3 Å². The number of fused-ring (bicyclic) bond motifs is 1. The van der Waals surface area contributed by atoms with Gasteiger partial charge in [-0.2, -0.15) is 0 Å². The lowest BCUT2D eigenvalue weighted by Gasteiger charge is -2.40. The number of halogens is 1. The number of allylic oxidation sites excluding steroid dienone is 2. The molecule has 8 nitrogen and oxygen atoms in total. The summed E-state index contributed by atoms with van der Waals surface area (Å²) in [6, 6.07) is 0.756. The zero-order valence-electron chi connectivity index (χ0n) is 21.4. The van der Waals surface area contributed by atoms with E-state index in [-0.39, 0.29) is 23.9 Å². The molecule has 196 valence electrons. The van der Waals surface area contributed by atoms with Gasteiger partial charge in [0.2, 0.25) is 5.91 Å². The lowest BCUT2D eigenvalue weighted by Crippen LogP contribution is -2.47. The molecule has 3 N–H and O–H groups in total. The van der Waals surface area contributed by atoms with Crippen LogP contribution in [0.5, 0.6) is 0 Å². The predicted octanol–water partition coefficient (Wildman–Crippen LogP) is 3.36. The van der Waals surface area contributed by atoms with Crippen LogP contribution in [-0.2, 0) is 21.6 Å². The number of ether oxygens (including phenoxy) is 1. The molecule has 2 aliphatic heterocycles. The number of rotatable bonds is 5. The fourth-order valence-corrected chi connectivity index (χ4v) is 5.61. The Bertz CT molecular complexity index is 1400. The summed E-state index contributed by atoms with van der Waals surface area (Å²) in [5.74, 6) is 5.51. The topological polar surface area (TPSA) is 99.3 Å². The van der Waals surface area contributed by atoms with Crippen molar-refractivity contribution in [2.24, 2.45) is 0 Å². The van der Waals surface area contributed by atoms with E-state index in [1.807, 2.05) is 6.92 Å². The van der Waals surface area contributed by atoms with Gasteiger partial charge in [-0.1, -0.05) is 30.6 Å². The van der Waals surface area contributed by atoms with E-state index in [1.54, 1.807) is 41.7 Å². The number of hydrogen-bond acceptors (Lipinski definition) is 5. The SMILES string of the molecule is C=CC(=O)N1[C@H](C#Cc2cnccc2C2(OC)C(F)=CC=CC2Nc2c[nH]c3c2C(=O)NCC3)CC[C@@H]1C. The Labute approximate surface area is 221 Å². The standard InChI is InChI=1S/C29H30FN5O3/c1-4-26(36)35-18(2)8-10-20(35)11-9-19-16-31-14-12-21(19)29(38-3)24(30)6-5-7-25(29)34-23-17-33-22-13-15-32-28(37)27(22)23/h4-7,12,14,16-18,20,25,33-34H,1,8,10,13,15H2,2-3H3,(H,32,37)/t18-,20-,25?,29?/m0/s1. The normalized spacial score (nSPS) is 26.1. The summed E-state index contributed by atoms with van der Waals surface area (Å²) in [6.07, 6.45) is 13.2. The molecule has 2 unspecified atom stereocenters. The minimum Gasteiger partial charge on any atom is -0.373 e. The minimum atomic E-state index is -1.57. The van der Waals surface area contributed by atoms with Crippen molar-refractivity contribution in [2.45, 2.75) is 49.9 Å². The number of amides is 2. The van der Waals surface area contributed by atoms with Gasteiger partial charge in [0.25, 0.3) is 5.91 Å². The molecule has 2 amide bonds. The lowest BCUT2D eigenvalue weighted by atomic mass is 9.80. The molecule has 1 fully saturated rings. The van der Waals surface area contributed by atoms with E-state index >= 15 is 4.39 Å². The Morgan fingerprint density at radius 3 is 3.05 bits per heavy atom. The van der Waals surface area contributed by atoms with Gasteiger partial charge in [0.1, 0.15) is 5.83 Å². The lowest BCUT2D eigenvalue weighted by molar-refractivity contribution is -0.127. The zero-order valence-corrected chi connectivity index (χ0v) is 21.4. The Balaban J connectivity index is 1.54. The van der Waals surface area contributed by atoms with Gasteiger partial charge >= 0.3 is 0 Å². The van der Waals surface area contributed by atoms with Crippen molar-refractivity contribution in [1.82, 2.24) is 20.2 Å². The molecule has 2 aromatic rings. The molecule has 4 heterocycles. The van der Waals surface area contributed by atoms with Crippen LogP contribution in [0, 0.1) is 11.8 Å². The molecule has 0 saturated carbocycles. The number of methoxy groups -OCH3 is 1. The van der Waals surface area contributed by atoms with Crippen molar-refractivity contribution in [3.05, 3.63) is 83.8 Å². The number of H-pyrrole nitrogens is 1. The molecule has 9 heteroatoms. The Kier molecular flexibility index (Phi) is 6.91. The smallest absolute Gasteiger partial charge is 0.255 e. The summed E-state index contributed by atoms with van der Waals surface area (Å²) >= 11 is 0. The molecule has 5 rings (SSSR count). The van der Waals surface area contributed by atoms with Gasteiger partial charge in [-0.15, -0.1) is 0 Å². The van der Waals surface area contributed by atoms with E-state index in [4.69, 9.17) is 4.74 Å². The number of carbonyl (C=O) groups excluding carboxylic acids is 2. The third-order valence-corrected chi connectivity index (χ3v) is 7.51. The van der Waals surface area contributed by atoms with Crippen molar-refractivity contribution in [1.29, 1.82) is 0 Å². The van der Waals surface area contributed by atoms with Crippen molar-refractivity contribution < 1.29 is 18.7 Å². The molecular formula is C29H30FN5O3. The van der Waals surface area contributed by atoms with Gasteiger partial charge in [0, 0.05) is 61.5 Å². The number of carbonyl (C=O) groups is 2. The predicted molar refractivity (Wildman–Crippen MR) is 142 cm³/mol. The molecule has 0 radical (unpaired) electrons. The van der Waals surface area contributed by atoms with E-state index in [9.17, 15) is 9.59 Å². The fourth-order valence-electron chi connectivity index (χ4n) is 5.61. The van der Waals surface area contributed by atoms with Gasteiger partial charge in [-0.3, -0.25) is 14.6 Å². The molecule has 0 spiro atoms. The molecular weight excluding hydrogens is 485 g/mol. The third-order valence-electron chi connectivity index (χ3n) is 7.51. The van der Waals surface area contributed by atoms with Crippen LogP contribution in [0.1, 0.15) is 46.9 Å². The van der Waals surface area contributed by atoms with Crippen LogP contribution in [0.3, 0.4) is 0 Å². The third kappa shape index (κ3) is 4.21. The summed E-state index contributed by atoms with van der Waals surface area (Å²) in [5.41, 5.74) is 1.30. The largest absolute Gasteiger partial charge is 0.373 e. The fraction of sp³-hybridized carbons (Fsp3) is 0.345. The molecule has 2 aromatic heterocycles. The number of aromatic nitrogens is 2. The summed E-state index contributed by atoms with van der Waals surface area (Å²) < 4.78 is 21.9. The molecule has 0 aromatic carbocycles.